The fraction of sp³-hybridized carbons (Fsp3) is 0.500. The average molecular weight is 248 g/mol. The lowest BCUT2D eigenvalue weighted by Crippen LogP contribution is -2.61. The Hall–Kier alpha value is -1.39. The summed E-state index contributed by atoms with van der Waals surface area (Å²) in [6.07, 6.45) is 0. The normalized spacial score (nSPS) is 25.6. The first-order valence-electron chi connectivity index (χ1n) is 6.26. The van der Waals surface area contributed by atoms with Crippen molar-refractivity contribution in [3.8, 4) is 0 Å². The third kappa shape index (κ3) is 2.13. The van der Waals surface area contributed by atoms with Crippen molar-refractivity contribution in [1.82, 2.24) is 4.90 Å². The molecule has 1 saturated heterocycles. The lowest BCUT2D eigenvalue weighted by atomic mass is 10.0. The number of amides is 1. The topological polar surface area (TPSA) is 43.8 Å². The van der Waals surface area contributed by atoms with Gasteiger partial charge in [-0.15, -0.1) is 0 Å². The standard InChI is InChI=1S/C14H20N2O2/c1-10-6-4-5-7-12(10)16-8-11(2)15(3)13(9-17)14(16)18/h4-7,11,13,17H,8-9H2,1-3H3. The van der Waals surface area contributed by atoms with Crippen molar-refractivity contribution >= 4 is 11.6 Å². The molecule has 1 aliphatic heterocycles. The molecule has 2 rings (SSSR count). The Balaban J connectivity index is 2.34. The lowest BCUT2D eigenvalue weighted by Gasteiger charge is -2.42. The molecule has 4 nitrogen and oxygen atoms in total. The first kappa shape index (κ1) is 13.1. The number of para-hydroxylation sites is 1. The molecule has 0 aromatic heterocycles. The minimum absolute atomic E-state index is 0.0209. The second-order valence-corrected chi connectivity index (χ2v) is 4.95. The number of piperazine rings is 1. The van der Waals surface area contributed by atoms with E-state index in [0.29, 0.717) is 6.54 Å². The van der Waals surface area contributed by atoms with Gasteiger partial charge in [0.05, 0.1) is 6.61 Å². The Morgan fingerprint density at radius 3 is 2.67 bits per heavy atom. The molecule has 0 radical (unpaired) electrons. The Bertz CT molecular complexity index is 447. The van der Waals surface area contributed by atoms with Gasteiger partial charge in [-0.05, 0) is 32.5 Å². The number of rotatable bonds is 2. The zero-order valence-electron chi connectivity index (χ0n) is 11.1. The SMILES string of the molecule is Cc1ccccc1N1CC(C)N(C)C(CO)C1=O. The number of likely N-dealkylation sites (N-methyl/N-ethyl adjacent to an activating group) is 1. The lowest BCUT2D eigenvalue weighted by molar-refractivity contribution is -0.128. The number of hydrogen-bond acceptors (Lipinski definition) is 3. The predicted octanol–water partition coefficient (Wildman–Crippen LogP) is 1.02. The summed E-state index contributed by atoms with van der Waals surface area (Å²) in [5, 5.41) is 9.39. The quantitative estimate of drug-likeness (QED) is 0.850. The van der Waals surface area contributed by atoms with E-state index in [1.54, 1.807) is 4.90 Å². The Morgan fingerprint density at radius 1 is 1.39 bits per heavy atom. The van der Waals surface area contributed by atoms with Gasteiger partial charge in [-0.3, -0.25) is 9.69 Å². The summed E-state index contributed by atoms with van der Waals surface area (Å²) >= 11 is 0. The van der Waals surface area contributed by atoms with E-state index < -0.39 is 6.04 Å². The monoisotopic (exact) mass is 248 g/mol. The highest BCUT2D eigenvalue weighted by Gasteiger charge is 2.37. The average Bonchev–Trinajstić information content (AvgIpc) is 2.36. The number of aliphatic hydroxyl groups is 1. The van der Waals surface area contributed by atoms with E-state index in [2.05, 4.69) is 6.92 Å². The molecule has 1 heterocycles. The number of aryl methyl sites for hydroxylation is 1. The van der Waals surface area contributed by atoms with Gasteiger partial charge in [-0.2, -0.15) is 0 Å². The molecular weight excluding hydrogens is 228 g/mol. The highest BCUT2D eigenvalue weighted by atomic mass is 16.3. The minimum Gasteiger partial charge on any atom is -0.394 e. The smallest absolute Gasteiger partial charge is 0.246 e. The number of carbonyl (C=O) groups is 1. The molecule has 1 N–H and O–H groups in total. The van der Waals surface area contributed by atoms with Crippen LogP contribution in [0.3, 0.4) is 0 Å². The number of carbonyl (C=O) groups excluding carboxylic acids is 1. The van der Waals surface area contributed by atoms with E-state index in [4.69, 9.17) is 0 Å². The third-order valence-corrected chi connectivity index (χ3v) is 3.76. The molecule has 0 bridgehead atoms. The van der Waals surface area contributed by atoms with E-state index >= 15 is 0 Å². The summed E-state index contributed by atoms with van der Waals surface area (Å²) in [6, 6.07) is 7.66. The van der Waals surface area contributed by atoms with Crippen LogP contribution in [0.2, 0.25) is 0 Å². The predicted molar refractivity (Wildman–Crippen MR) is 71.6 cm³/mol. The molecule has 1 amide bonds. The van der Waals surface area contributed by atoms with Crippen LogP contribution in [-0.4, -0.2) is 48.2 Å². The molecule has 2 unspecified atom stereocenters. The number of aliphatic hydroxyl groups excluding tert-OH is 1. The van der Waals surface area contributed by atoms with Gasteiger partial charge >= 0.3 is 0 Å². The van der Waals surface area contributed by atoms with Crippen LogP contribution in [0.15, 0.2) is 24.3 Å². The van der Waals surface area contributed by atoms with E-state index in [-0.39, 0.29) is 18.6 Å². The van der Waals surface area contributed by atoms with Crippen molar-refractivity contribution in [3.63, 3.8) is 0 Å². The zero-order chi connectivity index (χ0) is 13.3. The summed E-state index contributed by atoms with van der Waals surface area (Å²) < 4.78 is 0. The van der Waals surface area contributed by atoms with Crippen LogP contribution < -0.4 is 4.90 Å². The number of nitrogens with zero attached hydrogens (tertiary/aromatic N) is 2. The van der Waals surface area contributed by atoms with Crippen molar-refractivity contribution in [2.24, 2.45) is 0 Å². The van der Waals surface area contributed by atoms with Crippen LogP contribution in [0.5, 0.6) is 0 Å². The highest BCUT2D eigenvalue weighted by molar-refractivity contribution is 5.98. The van der Waals surface area contributed by atoms with Crippen LogP contribution >= 0.6 is 0 Å². The molecule has 98 valence electrons. The molecule has 18 heavy (non-hydrogen) atoms. The van der Waals surface area contributed by atoms with Gasteiger partial charge in [0.1, 0.15) is 6.04 Å². The summed E-state index contributed by atoms with van der Waals surface area (Å²) in [5.74, 6) is -0.0209. The fourth-order valence-corrected chi connectivity index (χ4v) is 2.43. The summed E-state index contributed by atoms with van der Waals surface area (Å²) in [5.41, 5.74) is 2.03. The van der Waals surface area contributed by atoms with Gasteiger partial charge < -0.3 is 10.0 Å². The van der Waals surface area contributed by atoms with E-state index in [1.165, 1.54) is 0 Å². The summed E-state index contributed by atoms with van der Waals surface area (Å²) in [6.45, 7) is 4.60. The van der Waals surface area contributed by atoms with Crippen LogP contribution in [0.1, 0.15) is 12.5 Å². The first-order valence-corrected chi connectivity index (χ1v) is 6.26. The molecule has 0 aliphatic carbocycles. The number of hydrogen-bond donors (Lipinski definition) is 1. The van der Waals surface area contributed by atoms with Gasteiger partial charge in [0.15, 0.2) is 0 Å². The molecular formula is C14H20N2O2. The second kappa shape index (κ2) is 5.08. The molecule has 1 aromatic carbocycles. The molecule has 0 saturated carbocycles. The maximum Gasteiger partial charge on any atom is 0.246 e. The first-order chi connectivity index (χ1) is 8.56. The van der Waals surface area contributed by atoms with Crippen LogP contribution in [0.4, 0.5) is 5.69 Å². The Labute approximate surface area is 108 Å². The molecule has 2 atom stereocenters. The second-order valence-electron chi connectivity index (χ2n) is 4.95. The summed E-state index contributed by atoms with van der Waals surface area (Å²) in [7, 11) is 1.89. The number of benzene rings is 1. The maximum absolute atomic E-state index is 12.4. The Kier molecular flexibility index (Phi) is 3.68. The van der Waals surface area contributed by atoms with E-state index in [9.17, 15) is 9.90 Å². The molecule has 1 fully saturated rings. The maximum atomic E-state index is 12.4. The van der Waals surface area contributed by atoms with Crippen molar-refractivity contribution in [1.29, 1.82) is 0 Å². The largest absolute Gasteiger partial charge is 0.394 e. The zero-order valence-corrected chi connectivity index (χ0v) is 11.1. The molecule has 1 aliphatic rings. The van der Waals surface area contributed by atoms with Crippen molar-refractivity contribution in [2.75, 3.05) is 25.1 Å². The third-order valence-electron chi connectivity index (χ3n) is 3.76. The van der Waals surface area contributed by atoms with Crippen LogP contribution in [0.25, 0.3) is 0 Å². The minimum atomic E-state index is -0.437. The Morgan fingerprint density at radius 2 is 2.06 bits per heavy atom. The van der Waals surface area contributed by atoms with Crippen LogP contribution in [0, 0.1) is 6.92 Å². The van der Waals surface area contributed by atoms with Gasteiger partial charge in [0.25, 0.3) is 0 Å². The molecule has 4 heteroatoms. The van der Waals surface area contributed by atoms with Gasteiger partial charge in [0.2, 0.25) is 5.91 Å². The highest BCUT2D eigenvalue weighted by Crippen LogP contribution is 2.25. The van der Waals surface area contributed by atoms with Crippen molar-refractivity contribution in [2.45, 2.75) is 25.9 Å². The van der Waals surface area contributed by atoms with E-state index in [1.807, 2.05) is 43.1 Å². The van der Waals surface area contributed by atoms with Gasteiger partial charge in [-0.1, -0.05) is 18.2 Å². The molecule has 1 aromatic rings. The van der Waals surface area contributed by atoms with Gasteiger partial charge in [-0.25, -0.2) is 0 Å². The van der Waals surface area contributed by atoms with Gasteiger partial charge in [0, 0.05) is 18.3 Å². The fourth-order valence-electron chi connectivity index (χ4n) is 2.43. The van der Waals surface area contributed by atoms with Crippen LogP contribution in [-0.2, 0) is 4.79 Å². The van der Waals surface area contributed by atoms with Crippen molar-refractivity contribution < 1.29 is 9.90 Å². The van der Waals surface area contributed by atoms with Crippen molar-refractivity contribution in [3.05, 3.63) is 29.8 Å². The van der Waals surface area contributed by atoms with E-state index in [0.717, 1.165) is 11.3 Å². The number of anilines is 1. The summed E-state index contributed by atoms with van der Waals surface area (Å²) in [4.78, 5) is 16.1. The molecule has 0 spiro atoms.